The molecule has 0 spiro atoms. The van der Waals surface area contributed by atoms with Gasteiger partial charge in [-0.25, -0.2) is 9.78 Å². The fourth-order valence-electron chi connectivity index (χ4n) is 2.78. The third kappa shape index (κ3) is 4.30. The Morgan fingerprint density at radius 2 is 1.93 bits per heavy atom. The highest BCUT2D eigenvalue weighted by atomic mass is 16.5. The van der Waals surface area contributed by atoms with Crippen molar-refractivity contribution in [1.82, 2.24) is 9.55 Å². The molecule has 2 heterocycles. The van der Waals surface area contributed by atoms with Gasteiger partial charge in [-0.1, -0.05) is 0 Å². The first-order valence-electron chi connectivity index (χ1n) is 8.91. The van der Waals surface area contributed by atoms with Gasteiger partial charge in [-0.2, -0.15) is 5.26 Å². The van der Waals surface area contributed by atoms with Gasteiger partial charge in [0.1, 0.15) is 11.2 Å². The molecule has 0 atom stereocenters. The molecule has 0 aliphatic rings. The fourth-order valence-corrected chi connectivity index (χ4v) is 2.78. The van der Waals surface area contributed by atoms with Gasteiger partial charge in [0.15, 0.2) is 6.61 Å². The summed E-state index contributed by atoms with van der Waals surface area (Å²) in [7, 11) is 0. The van der Waals surface area contributed by atoms with Gasteiger partial charge < -0.3 is 14.6 Å². The lowest BCUT2D eigenvalue weighted by atomic mass is 10.2. The lowest BCUT2D eigenvalue weighted by Gasteiger charge is -2.11. The zero-order valence-corrected chi connectivity index (χ0v) is 15.9. The van der Waals surface area contributed by atoms with Gasteiger partial charge in [0.25, 0.3) is 5.91 Å². The number of anilines is 1. The molecule has 0 saturated heterocycles. The Balaban J connectivity index is 1.75. The zero-order chi connectivity index (χ0) is 21.0. The predicted octanol–water partition coefficient (Wildman–Crippen LogP) is 2.39. The molecular formula is C21H18N4O4. The van der Waals surface area contributed by atoms with Gasteiger partial charge in [0, 0.05) is 24.1 Å². The Kier molecular flexibility index (Phi) is 5.69. The van der Waals surface area contributed by atoms with Crippen LogP contribution in [0.1, 0.15) is 28.5 Å². The van der Waals surface area contributed by atoms with Crippen molar-refractivity contribution in [2.45, 2.75) is 20.4 Å². The molecule has 0 fully saturated rings. The van der Waals surface area contributed by atoms with Crippen LogP contribution in [-0.2, 0) is 16.1 Å². The fraction of sp³-hybridized carbons (Fsp3) is 0.190. The molecule has 0 aliphatic heterocycles. The summed E-state index contributed by atoms with van der Waals surface area (Å²) in [4.78, 5) is 41.5. The molecule has 8 nitrogen and oxygen atoms in total. The van der Waals surface area contributed by atoms with Gasteiger partial charge >= 0.3 is 5.97 Å². The Hall–Kier alpha value is -3.99. The molecular weight excluding hydrogens is 372 g/mol. The van der Waals surface area contributed by atoms with E-state index in [2.05, 4.69) is 10.3 Å². The first-order valence-corrected chi connectivity index (χ1v) is 8.91. The highest BCUT2D eigenvalue weighted by Gasteiger charge is 2.18. The number of hydrogen-bond donors (Lipinski definition) is 1. The normalized spacial score (nSPS) is 10.4. The summed E-state index contributed by atoms with van der Waals surface area (Å²) in [6.45, 7) is 3.65. The summed E-state index contributed by atoms with van der Waals surface area (Å²) in [6, 6.07) is 11.5. The Morgan fingerprint density at radius 1 is 1.21 bits per heavy atom. The highest BCUT2D eigenvalue weighted by Crippen LogP contribution is 2.12. The van der Waals surface area contributed by atoms with Crippen LogP contribution in [0, 0.1) is 18.3 Å². The van der Waals surface area contributed by atoms with Crippen molar-refractivity contribution in [2.24, 2.45) is 0 Å². The monoisotopic (exact) mass is 390 g/mol. The standard InChI is InChI=1S/C21H18N4O4/c1-3-25-11-17(19(27)16-9-4-13(2)23-20(16)25)21(28)29-12-18(26)24-15-7-5-14(10-22)6-8-15/h4-9,11H,3,12H2,1-2H3,(H,24,26). The quantitative estimate of drug-likeness (QED) is 0.669. The number of nitriles is 1. The molecule has 1 N–H and O–H groups in total. The van der Waals surface area contributed by atoms with E-state index in [1.54, 1.807) is 41.0 Å². The van der Waals surface area contributed by atoms with Crippen LogP contribution in [0.2, 0.25) is 0 Å². The number of pyridine rings is 2. The maximum Gasteiger partial charge on any atom is 0.344 e. The number of nitrogens with one attached hydrogen (secondary N) is 1. The number of carbonyl (C=O) groups is 2. The minimum Gasteiger partial charge on any atom is -0.452 e. The SMILES string of the molecule is CCn1cc(C(=O)OCC(=O)Nc2ccc(C#N)cc2)c(=O)c2ccc(C)nc21. The molecule has 0 aliphatic carbocycles. The number of amides is 1. The van der Waals surface area contributed by atoms with Gasteiger partial charge in [0.2, 0.25) is 5.43 Å². The second kappa shape index (κ2) is 8.35. The average molecular weight is 390 g/mol. The Morgan fingerprint density at radius 3 is 2.59 bits per heavy atom. The number of esters is 1. The smallest absolute Gasteiger partial charge is 0.344 e. The summed E-state index contributed by atoms with van der Waals surface area (Å²) in [5.41, 5.74) is 1.53. The van der Waals surface area contributed by atoms with Crippen molar-refractivity contribution in [3.8, 4) is 6.07 Å². The molecule has 3 rings (SSSR count). The van der Waals surface area contributed by atoms with Crippen molar-refractivity contribution < 1.29 is 14.3 Å². The van der Waals surface area contributed by atoms with Crippen LogP contribution in [0.5, 0.6) is 0 Å². The van der Waals surface area contributed by atoms with Gasteiger partial charge in [-0.3, -0.25) is 9.59 Å². The van der Waals surface area contributed by atoms with Crippen LogP contribution in [0.25, 0.3) is 11.0 Å². The van der Waals surface area contributed by atoms with Crippen LogP contribution in [0.3, 0.4) is 0 Å². The van der Waals surface area contributed by atoms with Crippen molar-refractivity contribution in [3.63, 3.8) is 0 Å². The summed E-state index contributed by atoms with van der Waals surface area (Å²) < 4.78 is 6.71. The molecule has 2 aromatic heterocycles. The van der Waals surface area contributed by atoms with Crippen molar-refractivity contribution >= 4 is 28.6 Å². The number of carbonyl (C=O) groups excluding carboxylic acids is 2. The number of ether oxygens (including phenoxy) is 1. The van der Waals surface area contributed by atoms with Crippen LogP contribution in [0.15, 0.2) is 47.4 Å². The number of benzene rings is 1. The van der Waals surface area contributed by atoms with E-state index in [0.717, 1.165) is 5.69 Å². The van der Waals surface area contributed by atoms with E-state index in [1.165, 1.54) is 6.20 Å². The minimum atomic E-state index is -0.880. The molecule has 146 valence electrons. The Bertz CT molecular complexity index is 1190. The van der Waals surface area contributed by atoms with Crippen LogP contribution < -0.4 is 10.7 Å². The molecule has 0 radical (unpaired) electrons. The van der Waals surface area contributed by atoms with Gasteiger partial charge in [-0.05, 0) is 50.2 Å². The molecule has 1 amide bonds. The molecule has 0 unspecified atom stereocenters. The highest BCUT2D eigenvalue weighted by molar-refractivity contribution is 5.96. The van der Waals surface area contributed by atoms with E-state index in [-0.39, 0.29) is 5.56 Å². The molecule has 0 saturated carbocycles. The molecule has 0 bridgehead atoms. The number of rotatable bonds is 5. The van der Waals surface area contributed by atoms with Gasteiger partial charge in [-0.15, -0.1) is 0 Å². The van der Waals surface area contributed by atoms with Crippen LogP contribution in [-0.4, -0.2) is 28.0 Å². The summed E-state index contributed by atoms with van der Waals surface area (Å²) in [5, 5.41) is 11.6. The summed E-state index contributed by atoms with van der Waals surface area (Å²) in [6.07, 6.45) is 1.40. The predicted molar refractivity (Wildman–Crippen MR) is 106 cm³/mol. The van der Waals surface area contributed by atoms with Crippen molar-refractivity contribution in [3.05, 3.63) is 69.6 Å². The number of aryl methyl sites for hydroxylation is 2. The molecule has 29 heavy (non-hydrogen) atoms. The number of hydrogen-bond acceptors (Lipinski definition) is 6. The van der Waals surface area contributed by atoms with E-state index in [9.17, 15) is 14.4 Å². The molecule has 8 heteroatoms. The van der Waals surface area contributed by atoms with E-state index in [1.807, 2.05) is 19.9 Å². The number of nitrogens with zero attached hydrogens (tertiary/aromatic N) is 3. The zero-order valence-electron chi connectivity index (χ0n) is 15.9. The maximum absolute atomic E-state index is 12.7. The second-order valence-corrected chi connectivity index (χ2v) is 6.30. The average Bonchev–Trinajstić information content (AvgIpc) is 2.73. The van der Waals surface area contributed by atoms with E-state index >= 15 is 0 Å². The first kappa shape index (κ1) is 19.8. The van der Waals surface area contributed by atoms with Crippen LogP contribution >= 0.6 is 0 Å². The third-order valence-corrected chi connectivity index (χ3v) is 4.25. The van der Waals surface area contributed by atoms with E-state index < -0.39 is 23.9 Å². The third-order valence-electron chi connectivity index (χ3n) is 4.25. The van der Waals surface area contributed by atoms with E-state index in [4.69, 9.17) is 10.00 Å². The largest absolute Gasteiger partial charge is 0.452 e. The topological polar surface area (TPSA) is 114 Å². The second-order valence-electron chi connectivity index (χ2n) is 6.30. The summed E-state index contributed by atoms with van der Waals surface area (Å²) in [5.74, 6) is -1.44. The van der Waals surface area contributed by atoms with Crippen LogP contribution in [0.4, 0.5) is 5.69 Å². The minimum absolute atomic E-state index is 0.156. The first-order chi connectivity index (χ1) is 13.9. The lowest BCUT2D eigenvalue weighted by Crippen LogP contribution is -2.25. The van der Waals surface area contributed by atoms with Crippen molar-refractivity contribution in [2.75, 3.05) is 11.9 Å². The lowest BCUT2D eigenvalue weighted by molar-refractivity contribution is -0.119. The number of aromatic nitrogens is 2. The molecule has 3 aromatic rings. The summed E-state index contributed by atoms with van der Waals surface area (Å²) >= 11 is 0. The van der Waals surface area contributed by atoms with E-state index in [0.29, 0.717) is 28.8 Å². The Labute approximate surface area is 166 Å². The molecule has 1 aromatic carbocycles. The van der Waals surface area contributed by atoms with Crippen molar-refractivity contribution in [1.29, 1.82) is 5.26 Å². The number of fused-ring (bicyclic) bond motifs is 1. The van der Waals surface area contributed by atoms with Gasteiger partial charge in [0.05, 0.1) is 17.0 Å². The maximum atomic E-state index is 12.7.